The van der Waals surface area contributed by atoms with E-state index in [2.05, 4.69) is 50.6 Å². The van der Waals surface area contributed by atoms with Gasteiger partial charge in [-0.15, -0.1) is 0 Å². The molecule has 5 nitrogen and oxygen atoms in total. The number of fused-ring (bicyclic) bond motifs is 2. The maximum Gasteiger partial charge on any atom is 0.192 e. The first-order valence-corrected chi connectivity index (χ1v) is 15.8. The molecule has 4 rings (SSSR count). The highest BCUT2D eigenvalue weighted by Gasteiger charge is 2.49. The van der Waals surface area contributed by atoms with E-state index in [4.69, 9.17) is 4.43 Å². The van der Waals surface area contributed by atoms with E-state index in [-0.39, 0.29) is 10.6 Å². The van der Waals surface area contributed by atoms with E-state index < -0.39 is 8.32 Å². The van der Waals surface area contributed by atoms with Crippen molar-refractivity contribution < 1.29 is 14.6 Å². The van der Waals surface area contributed by atoms with Crippen LogP contribution >= 0.6 is 0 Å². The largest absolute Gasteiger partial charge is 0.415 e. The Morgan fingerprint density at radius 3 is 2.00 bits per heavy atom. The number of aliphatic hydroxyl groups excluding tert-OH is 2. The number of rotatable bonds is 6. The van der Waals surface area contributed by atoms with Gasteiger partial charge in [-0.25, -0.2) is 0 Å². The van der Waals surface area contributed by atoms with Gasteiger partial charge in [0, 0.05) is 29.8 Å². The van der Waals surface area contributed by atoms with Crippen molar-refractivity contribution in [3.63, 3.8) is 0 Å². The molecule has 0 aromatic carbocycles. The average Bonchev–Trinajstić information content (AvgIpc) is 3.45. The monoisotopic (exact) mass is 454 g/mol. The Labute approximate surface area is 192 Å². The fourth-order valence-electron chi connectivity index (χ4n) is 6.47. The molecule has 0 aliphatic carbocycles. The summed E-state index contributed by atoms with van der Waals surface area (Å²) in [7, 11) is -1.64. The van der Waals surface area contributed by atoms with Gasteiger partial charge in [0.2, 0.25) is 0 Å². The molecule has 0 amide bonds. The molecular formula is C25H50N2O3Si. The zero-order chi connectivity index (χ0) is 22.9. The number of nitrogens with zero attached hydrogens (tertiary/aromatic N) is 2. The number of hydrogen-bond donors (Lipinski definition) is 2. The van der Waals surface area contributed by atoms with E-state index >= 15 is 0 Å². The molecule has 4 aliphatic rings. The van der Waals surface area contributed by atoms with Gasteiger partial charge in [0.15, 0.2) is 8.32 Å². The third kappa shape index (κ3) is 4.95. The molecule has 6 heteroatoms. The fraction of sp³-hybridized carbons (Fsp3) is 1.00. The number of hydrogen-bond acceptors (Lipinski definition) is 5. The topological polar surface area (TPSA) is 56.2 Å². The minimum atomic E-state index is -1.64. The van der Waals surface area contributed by atoms with Gasteiger partial charge in [-0.05, 0) is 89.0 Å². The summed E-state index contributed by atoms with van der Waals surface area (Å²) in [6, 6.07) is 1.01. The van der Waals surface area contributed by atoms with Gasteiger partial charge in [-0.1, -0.05) is 27.7 Å². The van der Waals surface area contributed by atoms with E-state index in [1.54, 1.807) is 0 Å². The first-order chi connectivity index (χ1) is 14.5. The summed E-state index contributed by atoms with van der Waals surface area (Å²) in [4.78, 5) is 5.10. The van der Waals surface area contributed by atoms with Crippen molar-refractivity contribution in [3.8, 4) is 0 Å². The Hall–Kier alpha value is 0.0169. The number of aliphatic hydroxyl groups is 2. The highest BCUT2D eigenvalue weighted by molar-refractivity contribution is 6.74. The molecule has 4 fully saturated rings. The van der Waals surface area contributed by atoms with Crippen LogP contribution in [0.15, 0.2) is 0 Å². The Morgan fingerprint density at radius 2 is 1.45 bits per heavy atom. The molecule has 31 heavy (non-hydrogen) atoms. The van der Waals surface area contributed by atoms with Crippen molar-refractivity contribution in [2.24, 2.45) is 0 Å². The zero-order valence-corrected chi connectivity index (χ0v) is 22.3. The van der Waals surface area contributed by atoms with E-state index in [0.29, 0.717) is 30.8 Å². The Bertz CT molecular complexity index is 596. The van der Waals surface area contributed by atoms with Crippen LogP contribution in [0.1, 0.15) is 85.5 Å². The summed E-state index contributed by atoms with van der Waals surface area (Å²) in [5, 5.41) is 19.2. The molecule has 0 saturated carbocycles. The second kappa shape index (κ2) is 9.71. The summed E-state index contributed by atoms with van der Waals surface area (Å²) >= 11 is 0. The third-order valence-corrected chi connectivity index (χ3v) is 14.2. The minimum absolute atomic E-state index is 0.0987. The lowest BCUT2D eigenvalue weighted by Crippen LogP contribution is -2.49. The molecule has 4 aliphatic heterocycles. The molecule has 0 spiro atoms. The van der Waals surface area contributed by atoms with E-state index in [1.807, 2.05) is 0 Å². The van der Waals surface area contributed by atoms with Crippen LogP contribution in [0.4, 0.5) is 0 Å². The maximum atomic E-state index is 9.73. The van der Waals surface area contributed by atoms with Crippen LogP contribution in [-0.2, 0) is 4.43 Å². The fourth-order valence-corrected chi connectivity index (χ4v) is 7.51. The van der Waals surface area contributed by atoms with Crippen LogP contribution in [-0.4, -0.2) is 84.4 Å². The SMILES string of the molecule is CC(C)(C)[Si](C)(C)OCC1CCC2(CO)CCCN12.CCC12CCCN1C(CO)CC2. The smallest absolute Gasteiger partial charge is 0.192 e. The average molecular weight is 455 g/mol. The highest BCUT2D eigenvalue weighted by atomic mass is 28.4. The molecule has 2 N–H and O–H groups in total. The van der Waals surface area contributed by atoms with E-state index in [0.717, 1.165) is 19.6 Å². The summed E-state index contributed by atoms with van der Waals surface area (Å²) in [5.41, 5.74) is 0.592. The lowest BCUT2D eigenvalue weighted by Gasteiger charge is -2.39. The van der Waals surface area contributed by atoms with Crippen LogP contribution in [0.25, 0.3) is 0 Å². The van der Waals surface area contributed by atoms with Crippen LogP contribution in [0.5, 0.6) is 0 Å². The van der Waals surface area contributed by atoms with Gasteiger partial charge in [0.25, 0.3) is 0 Å². The lowest BCUT2D eigenvalue weighted by atomic mass is 9.91. The summed E-state index contributed by atoms with van der Waals surface area (Å²) in [5.74, 6) is 0. The Kier molecular flexibility index (Phi) is 8.03. The molecule has 4 heterocycles. The Balaban J connectivity index is 0.000000194. The first-order valence-electron chi connectivity index (χ1n) is 12.9. The van der Waals surface area contributed by atoms with Gasteiger partial charge < -0.3 is 14.6 Å². The normalized spacial score (nSPS) is 36.4. The summed E-state index contributed by atoms with van der Waals surface area (Å²) < 4.78 is 6.39. The molecule has 0 bridgehead atoms. The lowest BCUT2D eigenvalue weighted by molar-refractivity contribution is 0.0607. The van der Waals surface area contributed by atoms with Crippen LogP contribution < -0.4 is 0 Å². The van der Waals surface area contributed by atoms with E-state index in [9.17, 15) is 10.2 Å². The zero-order valence-electron chi connectivity index (χ0n) is 21.3. The molecule has 0 aromatic heterocycles. The minimum Gasteiger partial charge on any atom is -0.415 e. The van der Waals surface area contributed by atoms with Crippen LogP contribution in [0.3, 0.4) is 0 Å². The van der Waals surface area contributed by atoms with Gasteiger partial charge in [0.1, 0.15) is 0 Å². The summed E-state index contributed by atoms with van der Waals surface area (Å²) in [6.45, 7) is 17.7. The molecular weight excluding hydrogens is 404 g/mol. The van der Waals surface area contributed by atoms with Crippen LogP contribution in [0.2, 0.25) is 18.1 Å². The third-order valence-electron chi connectivity index (χ3n) is 9.67. The quantitative estimate of drug-likeness (QED) is 0.583. The molecule has 4 atom stereocenters. The second-order valence-corrected chi connectivity index (χ2v) is 17.0. The standard InChI is InChI=1S/C15H31NO2Si.C10H19NO/c1-14(2,3)19(4,5)18-11-13-7-9-15(12-17)8-6-10-16(13)15;1-2-10-5-3-7-11(10)9(8-12)4-6-10/h13,17H,6-12H2,1-5H3;9,12H,2-8H2,1H3. The van der Waals surface area contributed by atoms with Crippen molar-refractivity contribution in [2.75, 3.05) is 32.9 Å². The van der Waals surface area contributed by atoms with Crippen molar-refractivity contribution >= 4 is 8.32 Å². The maximum absolute atomic E-state index is 9.73. The van der Waals surface area contributed by atoms with Crippen molar-refractivity contribution in [1.82, 2.24) is 9.80 Å². The predicted molar refractivity (Wildman–Crippen MR) is 131 cm³/mol. The highest BCUT2D eigenvalue weighted by Crippen LogP contribution is 2.45. The second-order valence-electron chi connectivity index (χ2n) is 12.2. The molecule has 182 valence electrons. The van der Waals surface area contributed by atoms with Crippen molar-refractivity contribution in [3.05, 3.63) is 0 Å². The van der Waals surface area contributed by atoms with Gasteiger partial charge in [-0.2, -0.15) is 0 Å². The molecule has 4 unspecified atom stereocenters. The van der Waals surface area contributed by atoms with Crippen molar-refractivity contribution in [2.45, 2.75) is 127 Å². The predicted octanol–water partition coefficient (Wildman–Crippen LogP) is 4.38. The van der Waals surface area contributed by atoms with Crippen molar-refractivity contribution in [1.29, 1.82) is 0 Å². The molecule has 0 radical (unpaired) electrons. The van der Waals surface area contributed by atoms with Gasteiger partial charge >= 0.3 is 0 Å². The van der Waals surface area contributed by atoms with Crippen LogP contribution in [0, 0.1) is 0 Å². The molecule has 0 aromatic rings. The first kappa shape index (κ1) is 25.6. The molecule has 4 saturated heterocycles. The van der Waals surface area contributed by atoms with Gasteiger partial charge in [0.05, 0.1) is 13.2 Å². The summed E-state index contributed by atoms with van der Waals surface area (Å²) in [6.07, 6.45) is 11.2. The van der Waals surface area contributed by atoms with E-state index in [1.165, 1.54) is 57.9 Å². The Morgan fingerprint density at radius 1 is 0.903 bits per heavy atom. The van der Waals surface area contributed by atoms with Gasteiger partial charge in [-0.3, -0.25) is 9.80 Å².